The molecule has 0 fully saturated rings. The van der Waals surface area contributed by atoms with Crippen molar-refractivity contribution in [3.8, 4) is 5.75 Å². The largest absolute Gasteiger partial charge is 0.491 e. The average molecular weight is 285 g/mol. The molecule has 0 bridgehead atoms. The van der Waals surface area contributed by atoms with E-state index in [-0.39, 0.29) is 6.61 Å². The predicted molar refractivity (Wildman–Crippen MR) is 81.2 cm³/mol. The summed E-state index contributed by atoms with van der Waals surface area (Å²) < 4.78 is 10.0. The molecule has 2 aromatic rings. The lowest BCUT2D eigenvalue weighted by molar-refractivity contribution is -0.142. The van der Waals surface area contributed by atoms with E-state index in [1.807, 2.05) is 42.5 Å². The number of carbonyl (C=O) groups excluding carboxylic acids is 1. The monoisotopic (exact) mass is 285 g/mol. The molecule has 4 heteroatoms. The van der Waals surface area contributed by atoms with Crippen molar-refractivity contribution in [3.05, 3.63) is 65.7 Å². The van der Waals surface area contributed by atoms with E-state index in [0.717, 1.165) is 6.42 Å². The Balaban J connectivity index is 1.89. The van der Waals surface area contributed by atoms with Crippen molar-refractivity contribution >= 4 is 5.97 Å². The molecule has 0 spiro atoms. The molecule has 2 rings (SSSR count). The minimum Gasteiger partial charge on any atom is -0.491 e. The number of nitrogens with two attached hydrogens (primary N) is 1. The summed E-state index contributed by atoms with van der Waals surface area (Å²) in [5.41, 5.74) is 8.07. The standard InChI is InChI=1S/C17H19NO3/c1-20-17(19)16(18)12-21-15-9-7-14(8-10-15)11-13-5-3-2-4-6-13/h2-10,16H,11-12,18H2,1H3. The molecule has 0 aliphatic rings. The van der Waals surface area contributed by atoms with Gasteiger partial charge < -0.3 is 15.2 Å². The number of carbonyl (C=O) groups is 1. The van der Waals surface area contributed by atoms with Gasteiger partial charge in [-0.1, -0.05) is 42.5 Å². The maximum absolute atomic E-state index is 11.2. The third-order valence-electron chi connectivity index (χ3n) is 3.11. The Morgan fingerprint density at radius 3 is 2.29 bits per heavy atom. The minimum absolute atomic E-state index is 0.102. The number of methoxy groups -OCH3 is 1. The highest BCUT2D eigenvalue weighted by Crippen LogP contribution is 2.15. The molecule has 0 aromatic heterocycles. The van der Waals surface area contributed by atoms with Gasteiger partial charge in [-0.15, -0.1) is 0 Å². The summed E-state index contributed by atoms with van der Waals surface area (Å²) in [6.07, 6.45) is 0.878. The van der Waals surface area contributed by atoms with Crippen LogP contribution in [-0.4, -0.2) is 25.7 Å². The molecule has 0 saturated carbocycles. The van der Waals surface area contributed by atoms with E-state index < -0.39 is 12.0 Å². The van der Waals surface area contributed by atoms with E-state index in [4.69, 9.17) is 10.5 Å². The Hall–Kier alpha value is -2.33. The highest BCUT2D eigenvalue weighted by atomic mass is 16.5. The van der Waals surface area contributed by atoms with Crippen molar-refractivity contribution in [1.82, 2.24) is 0 Å². The van der Waals surface area contributed by atoms with Crippen LogP contribution in [0, 0.1) is 0 Å². The third kappa shape index (κ3) is 4.61. The van der Waals surface area contributed by atoms with Crippen molar-refractivity contribution in [3.63, 3.8) is 0 Å². The van der Waals surface area contributed by atoms with E-state index in [2.05, 4.69) is 16.9 Å². The summed E-state index contributed by atoms with van der Waals surface area (Å²) in [7, 11) is 1.31. The molecule has 0 aliphatic carbocycles. The summed E-state index contributed by atoms with van der Waals surface area (Å²) >= 11 is 0. The molecule has 4 nitrogen and oxygen atoms in total. The van der Waals surface area contributed by atoms with Gasteiger partial charge in [-0.2, -0.15) is 0 Å². The first-order valence-electron chi connectivity index (χ1n) is 6.78. The fourth-order valence-electron chi connectivity index (χ4n) is 1.94. The molecule has 21 heavy (non-hydrogen) atoms. The van der Waals surface area contributed by atoms with Gasteiger partial charge in [-0.25, -0.2) is 0 Å². The second-order valence-electron chi connectivity index (χ2n) is 4.75. The number of benzene rings is 2. The maximum atomic E-state index is 11.2. The molecule has 0 amide bonds. The normalized spacial score (nSPS) is 11.7. The molecule has 1 atom stereocenters. The van der Waals surface area contributed by atoms with Crippen LogP contribution in [0.25, 0.3) is 0 Å². The molecule has 0 saturated heterocycles. The lowest BCUT2D eigenvalue weighted by Gasteiger charge is -2.11. The van der Waals surface area contributed by atoms with Crippen LogP contribution in [0.5, 0.6) is 5.75 Å². The first kappa shape index (κ1) is 15.1. The SMILES string of the molecule is COC(=O)C(N)COc1ccc(Cc2ccccc2)cc1. The Morgan fingerprint density at radius 2 is 1.67 bits per heavy atom. The Morgan fingerprint density at radius 1 is 1.05 bits per heavy atom. The van der Waals surface area contributed by atoms with E-state index >= 15 is 0 Å². The Labute approximate surface area is 124 Å². The van der Waals surface area contributed by atoms with Gasteiger partial charge in [0, 0.05) is 0 Å². The van der Waals surface area contributed by atoms with Gasteiger partial charge in [0.05, 0.1) is 7.11 Å². The zero-order chi connectivity index (χ0) is 15.1. The Bertz CT molecular complexity index is 566. The molecule has 2 aromatic carbocycles. The fourth-order valence-corrected chi connectivity index (χ4v) is 1.94. The highest BCUT2D eigenvalue weighted by molar-refractivity contribution is 5.75. The molecule has 0 radical (unpaired) electrons. The predicted octanol–water partition coefficient (Wildman–Crippen LogP) is 2.16. The third-order valence-corrected chi connectivity index (χ3v) is 3.11. The number of esters is 1. The van der Waals surface area contributed by atoms with E-state index in [0.29, 0.717) is 5.75 Å². The van der Waals surface area contributed by atoms with Crippen LogP contribution >= 0.6 is 0 Å². The van der Waals surface area contributed by atoms with Gasteiger partial charge in [0.25, 0.3) is 0 Å². The van der Waals surface area contributed by atoms with Crippen molar-refractivity contribution in [2.45, 2.75) is 12.5 Å². The van der Waals surface area contributed by atoms with E-state index in [1.54, 1.807) is 0 Å². The van der Waals surface area contributed by atoms with Crippen molar-refractivity contribution < 1.29 is 14.3 Å². The van der Waals surface area contributed by atoms with Crippen LogP contribution in [0.15, 0.2) is 54.6 Å². The maximum Gasteiger partial charge on any atom is 0.326 e. The topological polar surface area (TPSA) is 61.5 Å². The molecule has 2 N–H and O–H groups in total. The van der Waals surface area contributed by atoms with Crippen LogP contribution < -0.4 is 10.5 Å². The number of hydrogen-bond acceptors (Lipinski definition) is 4. The summed E-state index contributed by atoms with van der Waals surface area (Å²) in [4.78, 5) is 11.2. The molecule has 1 unspecified atom stereocenters. The van der Waals surface area contributed by atoms with Crippen molar-refractivity contribution in [1.29, 1.82) is 0 Å². The van der Waals surface area contributed by atoms with Gasteiger partial charge in [0.15, 0.2) is 0 Å². The zero-order valence-electron chi connectivity index (χ0n) is 12.0. The molecule has 0 heterocycles. The van der Waals surface area contributed by atoms with Gasteiger partial charge in [-0.05, 0) is 29.7 Å². The molecular weight excluding hydrogens is 266 g/mol. The molecular formula is C17H19NO3. The quantitative estimate of drug-likeness (QED) is 0.826. The number of ether oxygens (including phenoxy) is 2. The smallest absolute Gasteiger partial charge is 0.326 e. The number of rotatable bonds is 6. The average Bonchev–Trinajstić information content (AvgIpc) is 2.54. The first-order chi connectivity index (χ1) is 10.2. The molecule has 110 valence electrons. The van der Waals surface area contributed by atoms with Crippen LogP contribution in [0.4, 0.5) is 0 Å². The summed E-state index contributed by atoms with van der Waals surface area (Å²) in [6.45, 7) is 0.102. The van der Waals surface area contributed by atoms with Crippen LogP contribution in [0.1, 0.15) is 11.1 Å². The lowest BCUT2D eigenvalue weighted by atomic mass is 10.1. The molecule has 0 aliphatic heterocycles. The van der Waals surface area contributed by atoms with Gasteiger partial charge in [-0.3, -0.25) is 4.79 Å². The first-order valence-corrected chi connectivity index (χ1v) is 6.78. The van der Waals surface area contributed by atoms with Crippen LogP contribution in [0.3, 0.4) is 0 Å². The summed E-state index contributed by atoms with van der Waals surface area (Å²) in [5, 5.41) is 0. The van der Waals surface area contributed by atoms with Crippen LogP contribution in [-0.2, 0) is 16.0 Å². The van der Waals surface area contributed by atoms with Crippen molar-refractivity contribution in [2.24, 2.45) is 5.73 Å². The van der Waals surface area contributed by atoms with Gasteiger partial charge in [0.1, 0.15) is 18.4 Å². The summed E-state index contributed by atoms with van der Waals surface area (Å²) in [6, 6.07) is 17.3. The van der Waals surface area contributed by atoms with E-state index in [1.165, 1.54) is 18.2 Å². The minimum atomic E-state index is -0.765. The second-order valence-corrected chi connectivity index (χ2v) is 4.75. The highest BCUT2D eigenvalue weighted by Gasteiger charge is 2.14. The number of hydrogen-bond donors (Lipinski definition) is 1. The van der Waals surface area contributed by atoms with Gasteiger partial charge >= 0.3 is 5.97 Å². The second kappa shape index (κ2) is 7.45. The van der Waals surface area contributed by atoms with Gasteiger partial charge in [0.2, 0.25) is 0 Å². The van der Waals surface area contributed by atoms with E-state index in [9.17, 15) is 4.79 Å². The summed E-state index contributed by atoms with van der Waals surface area (Å²) in [5.74, 6) is 0.210. The van der Waals surface area contributed by atoms with Crippen LogP contribution in [0.2, 0.25) is 0 Å². The van der Waals surface area contributed by atoms with Crippen molar-refractivity contribution in [2.75, 3.05) is 13.7 Å². The zero-order valence-corrected chi connectivity index (χ0v) is 12.0. The fraction of sp³-hybridized carbons (Fsp3) is 0.235. The Kier molecular flexibility index (Phi) is 5.35. The lowest BCUT2D eigenvalue weighted by Crippen LogP contribution is -2.37.